The molecule has 0 bridgehead atoms. The zero-order chi connectivity index (χ0) is 9.14. The van der Waals surface area contributed by atoms with Crippen LogP contribution >= 0.6 is 11.8 Å². The van der Waals surface area contributed by atoms with E-state index in [1.165, 1.54) is 0 Å². The standard InChI is InChI=1S/C5H7NO4S2/c6-10-5(7)4-3(12(8)9)1-2-11-4/h1-2,6H2,(H,8,9)/p-1. The van der Waals surface area contributed by atoms with Gasteiger partial charge in [-0.25, -0.2) is 4.79 Å². The largest absolute Gasteiger partial charge is 0.769 e. The Morgan fingerprint density at radius 1 is 1.75 bits per heavy atom. The summed E-state index contributed by atoms with van der Waals surface area (Å²) in [6.07, 6.45) is 0.366. The minimum Gasteiger partial charge on any atom is -0.769 e. The van der Waals surface area contributed by atoms with Gasteiger partial charge in [-0.1, -0.05) is 0 Å². The number of hydrogen-bond donors (Lipinski definition) is 1. The van der Waals surface area contributed by atoms with E-state index in [0.717, 1.165) is 11.8 Å². The van der Waals surface area contributed by atoms with E-state index in [2.05, 4.69) is 10.7 Å². The molecule has 5 nitrogen and oxygen atoms in total. The van der Waals surface area contributed by atoms with Gasteiger partial charge in [-0.2, -0.15) is 5.90 Å². The van der Waals surface area contributed by atoms with Crippen molar-refractivity contribution in [2.24, 2.45) is 5.90 Å². The summed E-state index contributed by atoms with van der Waals surface area (Å²) < 4.78 is 21.0. The van der Waals surface area contributed by atoms with E-state index >= 15 is 0 Å². The first-order valence-corrected chi connectivity index (χ1v) is 5.09. The Morgan fingerprint density at radius 2 is 2.42 bits per heavy atom. The summed E-state index contributed by atoms with van der Waals surface area (Å²) in [5.41, 5.74) is 0. The molecule has 7 heteroatoms. The number of carbonyl (C=O) groups is 1. The number of allylic oxidation sites excluding steroid dienone is 1. The van der Waals surface area contributed by atoms with Crippen LogP contribution in [0.1, 0.15) is 6.42 Å². The van der Waals surface area contributed by atoms with Gasteiger partial charge in [-0.3, -0.25) is 4.21 Å². The monoisotopic (exact) mass is 208 g/mol. The van der Waals surface area contributed by atoms with Crippen LogP contribution in [-0.4, -0.2) is 20.5 Å². The summed E-state index contributed by atoms with van der Waals surface area (Å²) >= 11 is -1.20. The second kappa shape index (κ2) is 4.04. The predicted octanol–water partition coefficient (Wildman–Crippen LogP) is -0.369. The van der Waals surface area contributed by atoms with Crippen LogP contribution in [0.3, 0.4) is 0 Å². The Morgan fingerprint density at radius 3 is 2.92 bits per heavy atom. The lowest BCUT2D eigenvalue weighted by Gasteiger charge is -2.06. The second-order valence-electron chi connectivity index (χ2n) is 1.99. The Kier molecular flexibility index (Phi) is 3.27. The molecule has 0 aromatic carbocycles. The van der Waals surface area contributed by atoms with Crippen molar-refractivity contribution in [1.82, 2.24) is 0 Å². The van der Waals surface area contributed by atoms with Crippen LogP contribution in [0, 0.1) is 0 Å². The molecule has 0 aromatic heterocycles. The highest BCUT2D eigenvalue weighted by atomic mass is 32.2. The minimum absolute atomic E-state index is 0.0930. The SMILES string of the molecule is NOC(=O)C1=C(S(=O)[O-])CCS1. The zero-order valence-corrected chi connectivity index (χ0v) is 7.57. The number of rotatable bonds is 2. The highest BCUT2D eigenvalue weighted by Crippen LogP contribution is 2.33. The fourth-order valence-electron chi connectivity index (χ4n) is 0.825. The molecule has 1 rings (SSSR count). The number of nitrogens with two attached hydrogens (primary N) is 1. The van der Waals surface area contributed by atoms with Crippen molar-refractivity contribution in [2.45, 2.75) is 6.42 Å². The quantitative estimate of drug-likeness (QED) is 0.491. The lowest BCUT2D eigenvalue weighted by molar-refractivity contribution is -0.138. The maximum atomic E-state index is 10.8. The molecule has 12 heavy (non-hydrogen) atoms. The van der Waals surface area contributed by atoms with Crippen LogP contribution in [0.4, 0.5) is 0 Å². The Labute approximate surface area is 75.6 Å². The Bertz CT molecular complexity index is 262. The molecule has 0 saturated heterocycles. The third-order valence-electron chi connectivity index (χ3n) is 1.32. The van der Waals surface area contributed by atoms with Gasteiger partial charge in [-0.15, -0.1) is 11.8 Å². The first-order valence-electron chi connectivity index (χ1n) is 3.03. The van der Waals surface area contributed by atoms with E-state index < -0.39 is 17.0 Å². The van der Waals surface area contributed by atoms with Crippen molar-refractivity contribution in [2.75, 3.05) is 5.75 Å². The average molecular weight is 208 g/mol. The minimum atomic E-state index is -2.34. The highest BCUT2D eigenvalue weighted by Gasteiger charge is 2.23. The van der Waals surface area contributed by atoms with Gasteiger partial charge >= 0.3 is 5.97 Å². The Hall–Kier alpha value is -0.370. The van der Waals surface area contributed by atoms with Crippen molar-refractivity contribution in [3.05, 3.63) is 9.81 Å². The summed E-state index contributed by atoms with van der Waals surface area (Å²) in [7, 11) is 0. The van der Waals surface area contributed by atoms with E-state index in [1.54, 1.807) is 0 Å². The summed E-state index contributed by atoms with van der Waals surface area (Å²) in [6.45, 7) is 0. The third-order valence-corrected chi connectivity index (χ3v) is 3.37. The van der Waals surface area contributed by atoms with E-state index in [9.17, 15) is 13.6 Å². The van der Waals surface area contributed by atoms with Crippen LogP contribution in [-0.2, 0) is 20.7 Å². The van der Waals surface area contributed by atoms with E-state index in [0.29, 0.717) is 12.2 Å². The van der Waals surface area contributed by atoms with Crippen LogP contribution in [0.2, 0.25) is 0 Å². The molecule has 0 spiro atoms. The van der Waals surface area contributed by atoms with Gasteiger partial charge in [0.15, 0.2) is 0 Å². The molecule has 0 saturated carbocycles. The molecule has 0 amide bonds. The number of carbonyl (C=O) groups excluding carboxylic acids is 1. The number of thioether (sulfide) groups is 1. The summed E-state index contributed by atoms with van der Waals surface area (Å²) in [5.74, 6) is 4.41. The van der Waals surface area contributed by atoms with Gasteiger partial charge in [0.05, 0.1) is 0 Å². The maximum absolute atomic E-state index is 10.8. The van der Waals surface area contributed by atoms with Crippen molar-refractivity contribution >= 4 is 28.8 Å². The zero-order valence-electron chi connectivity index (χ0n) is 5.94. The molecule has 1 aliphatic rings. The summed E-state index contributed by atoms with van der Waals surface area (Å²) in [5, 5.41) is 0. The number of hydrogen-bond acceptors (Lipinski definition) is 6. The lowest BCUT2D eigenvalue weighted by Crippen LogP contribution is -2.11. The Balaban J connectivity index is 2.91. The molecule has 1 atom stereocenters. The molecule has 0 aliphatic carbocycles. The molecular formula is C5H6NO4S2-. The molecule has 1 aliphatic heterocycles. The van der Waals surface area contributed by atoms with Crippen molar-refractivity contribution in [3.63, 3.8) is 0 Å². The predicted molar refractivity (Wildman–Crippen MR) is 43.3 cm³/mol. The smallest absolute Gasteiger partial charge is 0.363 e. The van der Waals surface area contributed by atoms with Crippen molar-refractivity contribution < 1.29 is 18.4 Å². The van der Waals surface area contributed by atoms with Crippen LogP contribution < -0.4 is 5.90 Å². The molecule has 0 radical (unpaired) electrons. The first-order chi connectivity index (χ1) is 5.66. The normalized spacial score (nSPS) is 19.5. The fraction of sp³-hybridized carbons (Fsp3) is 0.400. The van der Waals surface area contributed by atoms with Crippen LogP contribution in [0.25, 0.3) is 0 Å². The van der Waals surface area contributed by atoms with Crippen LogP contribution in [0.15, 0.2) is 9.81 Å². The van der Waals surface area contributed by atoms with Crippen molar-refractivity contribution in [3.8, 4) is 0 Å². The molecule has 1 heterocycles. The van der Waals surface area contributed by atoms with Gasteiger partial charge < -0.3 is 9.39 Å². The summed E-state index contributed by atoms with van der Waals surface area (Å²) in [6, 6.07) is 0. The van der Waals surface area contributed by atoms with E-state index in [-0.39, 0.29) is 9.81 Å². The lowest BCUT2D eigenvalue weighted by atomic mass is 10.4. The third kappa shape index (κ3) is 1.86. The van der Waals surface area contributed by atoms with E-state index in [1.807, 2.05) is 0 Å². The average Bonchev–Trinajstić information content (AvgIpc) is 2.50. The van der Waals surface area contributed by atoms with Crippen LogP contribution in [0.5, 0.6) is 0 Å². The van der Waals surface area contributed by atoms with Gasteiger partial charge in [-0.05, 0) is 17.5 Å². The topological polar surface area (TPSA) is 92.5 Å². The maximum Gasteiger partial charge on any atom is 0.363 e. The molecule has 0 fully saturated rings. The molecule has 0 aromatic rings. The van der Waals surface area contributed by atoms with Gasteiger partial charge in [0.2, 0.25) is 0 Å². The van der Waals surface area contributed by atoms with Gasteiger partial charge in [0.1, 0.15) is 4.91 Å². The summed E-state index contributed by atoms with van der Waals surface area (Å²) in [4.78, 5) is 14.9. The van der Waals surface area contributed by atoms with Crippen molar-refractivity contribution in [1.29, 1.82) is 0 Å². The molecule has 2 N–H and O–H groups in total. The second-order valence-corrected chi connectivity index (χ2v) is 4.06. The van der Waals surface area contributed by atoms with Gasteiger partial charge in [0.25, 0.3) is 0 Å². The molecular weight excluding hydrogens is 202 g/mol. The first kappa shape index (κ1) is 9.72. The van der Waals surface area contributed by atoms with Gasteiger partial charge in [0, 0.05) is 10.7 Å². The van der Waals surface area contributed by atoms with E-state index in [4.69, 9.17) is 0 Å². The highest BCUT2D eigenvalue weighted by molar-refractivity contribution is 8.05. The molecule has 68 valence electrons. The molecule has 1 unspecified atom stereocenters. The fourth-order valence-corrected chi connectivity index (χ4v) is 2.78.